The van der Waals surface area contributed by atoms with Crippen LogP contribution in [0.2, 0.25) is 0 Å². The summed E-state index contributed by atoms with van der Waals surface area (Å²) in [6.07, 6.45) is 2.86. The molecule has 1 aromatic heterocycles. The number of nitrogens with one attached hydrogen (secondary N) is 1. The van der Waals surface area contributed by atoms with Gasteiger partial charge in [-0.05, 0) is 30.3 Å². The van der Waals surface area contributed by atoms with Crippen LogP contribution in [0.5, 0.6) is 0 Å². The van der Waals surface area contributed by atoms with Crippen molar-refractivity contribution in [2.45, 2.75) is 4.90 Å². The molecule has 20 heavy (non-hydrogen) atoms. The van der Waals surface area contributed by atoms with Gasteiger partial charge in [-0.25, -0.2) is 12.8 Å². The molecule has 0 saturated heterocycles. The van der Waals surface area contributed by atoms with Gasteiger partial charge in [-0.15, -0.1) is 0 Å². The van der Waals surface area contributed by atoms with Crippen LogP contribution in [-0.2, 0) is 9.05 Å². The van der Waals surface area contributed by atoms with E-state index in [0.717, 1.165) is 12.1 Å². The molecule has 0 unspecified atom stereocenters. The number of pyridine rings is 1. The van der Waals surface area contributed by atoms with E-state index in [-0.39, 0.29) is 5.69 Å². The van der Waals surface area contributed by atoms with Crippen molar-refractivity contribution < 1.29 is 17.6 Å². The molecule has 2 rings (SSSR count). The quantitative estimate of drug-likeness (QED) is 0.883. The minimum atomic E-state index is -4.16. The summed E-state index contributed by atoms with van der Waals surface area (Å²) >= 11 is 0. The van der Waals surface area contributed by atoms with Crippen molar-refractivity contribution in [1.82, 2.24) is 4.98 Å². The minimum Gasteiger partial charge on any atom is -0.322 e. The molecular formula is C12H8ClFN2O3S. The molecule has 1 heterocycles. The minimum absolute atomic E-state index is 0.111. The van der Waals surface area contributed by atoms with Gasteiger partial charge in [0.05, 0.1) is 5.56 Å². The highest BCUT2D eigenvalue weighted by atomic mass is 35.7. The fourth-order valence-electron chi connectivity index (χ4n) is 1.48. The van der Waals surface area contributed by atoms with Crippen LogP contribution in [0.3, 0.4) is 0 Å². The molecule has 2 aromatic rings. The van der Waals surface area contributed by atoms with Crippen molar-refractivity contribution in [1.29, 1.82) is 0 Å². The van der Waals surface area contributed by atoms with Gasteiger partial charge in [0.15, 0.2) is 0 Å². The number of carbonyl (C=O) groups excluding carboxylic acids is 1. The normalized spacial score (nSPS) is 11.1. The third-order valence-corrected chi connectivity index (χ3v) is 3.73. The lowest BCUT2D eigenvalue weighted by Crippen LogP contribution is -2.12. The van der Waals surface area contributed by atoms with E-state index in [1.165, 1.54) is 24.5 Å². The van der Waals surface area contributed by atoms with Crippen molar-refractivity contribution in [3.05, 3.63) is 54.1 Å². The third-order valence-electron chi connectivity index (χ3n) is 2.38. The average molecular weight is 315 g/mol. The van der Waals surface area contributed by atoms with Crippen LogP contribution in [0.4, 0.5) is 10.1 Å². The number of anilines is 1. The smallest absolute Gasteiger partial charge is 0.264 e. The van der Waals surface area contributed by atoms with Crippen LogP contribution < -0.4 is 5.32 Å². The highest BCUT2D eigenvalue weighted by Gasteiger charge is 2.17. The summed E-state index contributed by atoms with van der Waals surface area (Å²) in [5, 5.41) is 2.42. The summed E-state index contributed by atoms with van der Waals surface area (Å²) in [6.45, 7) is 0. The van der Waals surface area contributed by atoms with E-state index in [4.69, 9.17) is 10.7 Å². The van der Waals surface area contributed by atoms with Crippen molar-refractivity contribution >= 4 is 31.3 Å². The van der Waals surface area contributed by atoms with Crippen molar-refractivity contribution in [2.75, 3.05) is 5.32 Å². The Morgan fingerprint density at radius 3 is 2.60 bits per heavy atom. The Bertz CT molecular complexity index is 751. The molecule has 0 bridgehead atoms. The number of aromatic nitrogens is 1. The van der Waals surface area contributed by atoms with Crippen LogP contribution in [0.15, 0.2) is 47.6 Å². The molecule has 0 atom stereocenters. The molecule has 5 nitrogen and oxygen atoms in total. The number of amides is 1. The number of carbonyl (C=O) groups is 1. The SMILES string of the molecule is O=C(Nc1ccc(S(=O)(=O)Cl)c(F)c1)c1cccnc1. The Morgan fingerprint density at radius 2 is 2.05 bits per heavy atom. The second kappa shape index (κ2) is 5.56. The first-order valence-corrected chi connectivity index (χ1v) is 7.64. The first-order chi connectivity index (χ1) is 9.38. The Labute approximate surface area is 118 Å². The van der Waals surface area contributed by atoms with E-state index < -0.39 is 25.7 Å². The number of benzene rings is 1. The largest absolute Gasteiger partial charge is 0.322 e. The van der Waals surface area contributed by atoms with E-state index >= 15 is 0 Å². The molecular weight excluding hydrogens is 307 g/mol. The van der Waals surface area contributed by atoms with Gasteiger partial charge in [0.2, 0.25) is 0 Å². The predicted molar refractivity (Wildman–Crippen MR) is 71.6 cm³/mol. The van der Waals surface area contributed by atoms with Gasteiger partial charge in [0, 0.05) is 28.8 Å². The highest BCUT2D eigenvalue weighted by Crippen LogP contribution is 2.22. The number of rotatable bonds is 3. The Hall–Kier alpha value is -1.99. The Balaban J connectivity index is 2.24. The third kappa shape index (κ3) is 3.31. The maximum atomic E-state index is 13.6. The maximum Gasteiger partial charge on any atom is 0.264 e. The number of nitrogens with zero attached hydrogens (tertiary/aromatic N) is 1. The van der Waals surface area contributed by atoms with E-state index in [1.807, 2.05) is 0 Å². The van der Waals surface area contributed by atoms with Gasteiger partial charge in [0.1, 0.15) is 10.7 Å². The molecule has 0 radical (unpaired) electrons. The van der Waals surface area contributed by atoms with Crippen molar-refractivity contribution in [3.63, 3.8) is 0 Å². The van der Waals surface area contributed by atoms with Crippen LogP contribution in [0.1, 0.15) is 10.4 Å². The molecule has 0 aliphatic rings. The standard InChI is InChI=1S/C12H8ClFN2O3S/c13-20(18,19)11-4-3-9(6-10(11)14)16-12(17)8-2-1-5-15-7-8/h1-7H,(H,16,17). The number of halogens is 2. The second-order valence-corrected chi connectivity index (χ2v) is 6.31. The molecule has 0 spiro atoms. The van der Waals surface area contributed by atoms with Crippen LogP contribution >= 0.6 is 10.7 Å². The molecule has 0 aliphatic heterocycles. The molecule has 1 N–H and O–H groups in total. The lowest BCUT2D eigenvalue weighted by molar-refractivity contribution is 0.102. The summed E-state index contributed by atoms with van der Waals surface area (Å²) in [6, 6.07) is 6.22. The molecule has 0 saturated carbocycles. The summed E-state index contributed by atoms with van der Waals surface area (Å²) in [5.74, 6) is -1.53. The summed E-state index contributed by atoms with van der Waals surface area (Å²) < 4.78 is 35.6. The Morgan fingerprint density at radius 1 is 1.30 bits per heavy atom. The zero-order valence-corrected chi connectivity index (χ0v) is 11.5. The summed E-state index contributed by atoms with van der Waals surface area (Å²) in [7, 11) is 0.898. The van der Waals surface area contributed by atoms with Gasteiger partial charge in [-0.2, -0.15) is 0 Å². The van der Waals surface area contributed by atoms with Gasteiger partial charge in [-0.1, -0.05) is 0 Å². The number of hydrogen-bond donors (Lipinski definition) is 1. The van der Waals surface area contributed by atoms with Crippen LogP contribution in [0.25, 0.3) is 0 Å². The highest BCUT2D eigenvalue weighted by molar-refractivity contribution is 8.13. The monoisotopic (exact) mass is 314 g/mol. The molecule has 0 fully saturated rings. The van der Waals surface area contributed by atoms with Gasteiger partial charge >= 0.3 is 0 Å². The fraction of sp³-hybridized carbons (Fsp3) is 0. The molecule has 0 aliphatic carbocycles. The van der Waals surface area contributed by atoms with Gasteiger partial charge in [-0.3, -0.25) is 9.78 Å². The topological polar surface area (TPSA) is 76.1 Å². The maximum absolute atomic E-state index is 13.6. The van der Waals surface area contributed by atoms with E-state index in [2.05, 4.69) is 10.3 Å². The van der Waals surface area contributed by atoms with E-state index in [1.54, 1.807) is 6.07 Å². The first kappa shape index (κ1) is 14.4. The average Bonchev–Trinajstić information content (AvgIpc) is 2.38. The lowest BCUT2D eigenvalue weighted by Gasteiger charge is -2.06. The zero-order chi connectivity index (χ0) is 14.8. The summed E-state index contributed by atoms with van der Waals surface area (Å²) in [4.78, 5) is 14.9. The zero-order valence-electron chi connectivity index (χ0n) is 9.88. The second-order valence-electron chi connectivity index (χ2n) is 3.78. The van der Waals surface area contributed by atoms with E-state index in [0.29, 0.717) is 5.56 Å². The predicted octanol–water partition coefficient (Wildman–Crippen LogP) is 2.40. The van der Waals surface area contributed by atoms with Crippen LogP contribution in [0, 0.1) is 5.82 Å². The Kier molecular flexibility index (Phi) is 4.01. The van der Waals surface area contributed by atoms with E-state index in [9.17, 15) is 17.6 Å². The van der Waals surface area contributed by atoms with Crippen LogP contribution in [-0.4, -0.2) is 19.3 Å². The summed E-state index contributed by atoms with van der Waals surface area (Å²) in [5.41, 5.74) is 0.405. The van der Waals surface area contributed by atoms with Gasteiger partial charge in [0.25, 0.3) is 15.0 Å². The molecule has 104 valence electrons. The van der Waals surface area contributed by atoms with Gasteiger partial charge < -0.3 is 5.32 Å². The molecule has 8 heteroatoms. The van der Waals surface area contributed by atoms with Crippen molar-refractivity contribution in [3.8, 4) is 0 Å². The van der Waals surface area contributed by atoms with Crippen molar-refractivity contribution in [2.24, 2.45) is 0 Å². The number of hydrogen-bond acceptors (Lipinski definition) is 4. The first-order valence-electron chi connectivity index (χ1n) is 5.33. The molecule has 1 aromatic carbocycles. The molecule has 1 amide bonds. The lowest BCUT2D eigenvalue weighted by atomic mass is 10.2. The fourth-order valence-corrected chi connectivity index (χ4v) is 2.37.